The number of hydrogen-bond donors (Lipinski definition) is 1. The van der Waals surface area contributed by atoms with Gasteiger partial charge in [0.1, 0.15) is 16.3 Å². The van der Waals surface area contributed by atoms with Crippen LogP contribution in [0.25, 0.3) is 11.4 Å². The van der Waals surface area contributed by atoms with Crippen molar-refractivity contribution in [3.63, 3.8) is 0 Å². The molecule has 0 radical (unpaired) electrons. The van der Waals surface area contributed by atoms with Gasteiger partial charge in [-0.3, -0.25) is 0 Å². The van der Waals surface area contributed by atoms with Crippen LogP contribution in [0.1, 0.15) is 25.5 Å². The first-order chi connectivity index (χ1) is 8.08. The van der Waals surface area contributed by atoms with Crippen molar-refractivity contribution in [2.24, 2.45) is 0 Å². The Morgan fingerprint density at radius 1 is 1.29 bits per heavy atom. The molecule has 0 aliphatic carbocycles. The molecule has 0 unspecified atom stereocenters. The van der Waals surface area contributed by atoms with Gasteiger partial charge >= 0.3 is 0 Å². The first kappa shape index (κ1) is 11.9. The number of aromatic amines is 1. The smallest absolute Gasteiger partial charge is 0.142 e. The summed E-state index contributed by atoms with van der Waals surface area (Å²) in [6.07, 6.45) is 0. The Morgan fingerprint density at radius 3 is 2.65 bits per heavy atom. The Hall–Kier alpha value is -1.55. The number of halogens is 1. The maximum atomic E-state index is 13.6. The average molecular weight is 248 g/mol. The van der Waals surface area contributed by atoms with E-state index in [4.69, 9.17) is 12.2 Å². The Morgan fingerprint density at radius 2 is 2.00 bits per heavy atom. The van der Waals surface area contributed by atoms with Crippen LogP contribution in [0.15, 0.2) is 30.3 Å². The molecular weight excluding hydrogens is 235 g/mol. The summed E-state index contributed by atoms with van der Waals surface area (Å²) in [4.78, 5) is 7.29. The Kier molecular flexibility index (Phi) is 3.33. The molecule has 0 aliphatic heterocycles. The summed E-state index contributed by atoms with van der Waals surface area (Å²) in [6.45, 7) is 4.09. The van der Waals surface area contributed by atoms with Gasteiger partial charge in [0.25, 0.3) is 0 Å². The van der Waals surface area contributed by atoms with E-state index in [0.29, 0.717) is 21.9 Å². The highest BCUT2D eigenvalue weighted by atomic mass is 32.1. The fraction of sp³-hybridized carbons (Fsp3) is 0.231. The lowest BCUT2D eigenvalue weighted by atomic mass is 10.1. The van der Waals surface area contributed by atoms with E-state index >= 15 is 0 Å². The topological polar surface area (TPSA) is 28.7 Å². The molecule has 4 heteroatoms. The van der Waals surface area contributed by atoms with Crippen molar-refractivity contribution >= 4 is 12.2 Å². The second kappa shape index (κ2) is 4.75. The summed E-state index contributed by atoms with van der Waals surface area (Å²) in [5, 5.41) is 0. The molecule has 0 saturated carbocycles. The molecule has 1 aromatic carbocycles. The zero-order chi connectivity index (χ0) is 12.4. The van der Waals surface area contributed by atoms with Crippen molar-refractivity contribution < 1.29 is 4.39 Å². The van der Waals surface area contributed by atoms with E-state index in [9.17, 15) is 4.39 Å². The minimum absolute atomic E-state index is 0.297. The van der Waals surface area contributed by atoms with E-state index in [1.165, 1.54) is 6.07 Å². The zero-order valence-electron chi connectivity index (χ0n) is 9.70. The first-order valence-electron chi connectivity index (χ1n) is 5.44. The summed E-state index contributed by atoms with van der Waals surface area (Å²) in [6, 6.07) is 8.34. The Bertz CT molecular complexity index is 590. The molecule has 2 aromatic rings. The van der Waals surface area contributed by atoms with Crippen molar-refractivity contribution in [3.05, 3.63) is 46.5 Å². The van der Waals surface area contributed by atoms with Crippen LogP contribution in [0.3, 0.4) is 0 Å². The lowest BCUT2D eigenvalue weighted by molar-refractivity contribution is 0.629. The molecule has 0 fully saturated rings. The highest BCUT2D eigenvalue weighted by Gasteiger charge is 2.08. The lowest BCUT2D eigenvalue weighted by Gasteiger charge is -2.09. The molecule has 0 spiro atoms. The molecular formula is C13H13FN2S. The summed E-state index contributed by atoms with van der Waals surface area (Å²) in [7, 11) is 0. The minimum atomic E-state index is -0.299. The molecule has 0 amide bonds. The van der Waals surface area contributed by atoms with E-state index < -0.39 is 0 Å². The van der Waals surface area contributed by atoms with Crippen LogP contribution in [-0.4, -0.2) is 9.97 Å². The Balaban J connectivity index is 2.60. The normalized spacial score (nSPS) is 10.8. The highest BCUT2D eigenvalue weighted by molar-refractivity contribution is 7.71. The predicted octanol–water partition coefficient (Wildman–Crippen LogP) is 4.07. The van der Waals surface area contributed by atoms with Crippen LogP contribution in [0.5, 0.6) is 0 Å². The van der Waals surface area contributed by atoms with Gasteiger partial charge in [0, 0.05) is 5.69 Å². The molecule has 1 N–H and O–H groups in total. The number of nitrogens with one attached hydrogen (secondary N) is 1. The van der Waals surface area contributed by atoms with E-state index in [1.807, 2.05) is 19.9 Å². The Labute approximate surface area is 105 Å². The fourth-order valence-corrected chi connectivity index (χ4v) is 1.79. The molecule has 2 nitrogen and oxygen atoms in total. The van der Waals surface area contributed by atoms with Gasteiger partial charge in [0.05, 0.1) is 5.56 Å². The van der Waals surface area contributed by atoms with Crippen molar-refractivity contribution in [3.8, 4) is 11.4 Å². The molecule has 0 saturated heterocycles. The lowest BCUT2D eigenvalue weighted by Crippen LogP contribution is -1.99. The number of H-pyrrole nitrogens is 1. The predicted molar refractivity (Wildman–Crippen MR) is 68.9 cm³/mol. The van der Waals surface area contributed by atoms with Crippen LogP contribution < -0.4 is 0 Å². The average Bonchev–Trinajstić information content (AvgIpc) is 2.28. The first-order valence-corrected chi connectivity index (χ1v) is 5.85. The van der Waals surface area contributed by atoms with Crippen LogP contribution in [0.4, 0.5) is 4.39 Å². The molecule has 1 aromatic heterocycles. The van der Waals surface area contributed by atoms with E-state index in [-0.39, 0.29) is 5.82 Å². The van der Waals surface area contributed by atoms with Crippen LogP contribution in [0, 0.1) is 10.5 Å². The van der Waals surface area contributed by atoms with E-state index in [2.05, 4.69) is 9.97 Å². The number of rotatable bonds is 2. The van der Waals surface area contributed by atoms with Gasteiger partial charge in [0.2, 0.25) is 0 Å². The number of hydrogen-bond acceptors (Lipinski definition) is 2. The standard InChI is InChI=1S/C13H13FN2S/c1-8(2)11-7-12(17)16-13(15-11)9-5-3-4-6-10(9)14/h3-8H,1-2H3,(H,15,16,17). The van der Waals surface area contributed by atoms with Gasteiger partial charge in [0.15, 0.2) is 0 Å². The molecule has 88 valence electrons. The van der Waals surface area contributed by atoms with E-state index in [1.54, 1.807) is 18.2 Å². The summed E-state index contributed by atoms with van der Waals surface area (Å²) < 4.78 is 14.1. The van der Waals surface area contributed by atoms with Gasteiger partial charge < -0.3 is 4.98 Å². The van der Waals surface area contributed by atoms with Crippen LogP contribution in [-0.2, 0) is 0 Å². The highest BCUT2D eigenvalue weighted by Crippen LogP contribution is 2.21. The van der Waals surface area contributed by atoms with Crippen molar-refractivity contribution in [2.75, 3.05) is 0 Å². The molecule has 17 heavy (non-hydrogen) atoms. The van der Waals surface area contributed by atoms with Crippen LogP contribution in [0.2, 0.25) is 0 Å². The van der Waals surface area contributed by atoms with Gasteiger partial charge in [-0.15, -0.1) is 0 Å². The van der Waals surface area contributed by atoms with E-state index in [0.717, 1.165) is 5.69 Å². The zero-order valence-corrected chi connectivity index (χ0v) is 10.5. The fourth-order valence-electron chi connectivity index (χ4n) is 1.57. The molecule has 0 bridgehead atoms. The minimum Gasteiger partial charge on any atom is -0.343 e. The number of aromatic nitrogens is 2. The summed E-state index contributed by atoms with van der Waals surface area (Å²) in [5.41, 5.74) is 1.41. The largest absolute Gasteiger partial charge is 0.343 e. The summed E-state index contributed by atoms with van der Waals surface area (Å²) in [5.74, 6) is 0.482. The third-order valence-electron chi connectivity index (χ3n) is 2.51. The maximum Gasteiger partial charge on any atom is 0.142 e. The second-order valence-electron chi connectivity index (χ2n) is 4.16. The third-order valence-corrected chi connectivity index (χ3v) is 2.72. The van der Waals surface area contributed by atoms with Crippen LogP contribution >= 0.6 is 12.2 Å². The van der Waals surface area contributed by atoms with Gasteiger partial charge in [-0.05, 0) is 24.1 Å². The molecule has 0 aliphatic rings. The van der Waals surface area contributed by atoms with Crippen molar-refractivity contribution in [1.82, 2.24) is 9.97 Å². The molecule has 1 heterocycles. The molecule has 2 rings (SSSR count). The maximum absolute atomic E-state index is 13.6. The quantitative estimate of drug-likeness (QED) is 0.812. The third kappa shape index (κ3) is 2.58. The van der Waals surface area contributed by atoms with Gasteiger partial charge in [-0.25, -0.2) is 9.37 Å². The number of nitrogens with zero attached hydrogens (tertiary/aromatic N) is 1. The SMILES string of the molecule is CC(C)c1cc(=S)nc(-c2ccccc2F)[nH]1. The molecule has 0 atom stereocenters. The van der Waals surface area contributed by atoms with Gasteiger partial charge in [-0.1, -0.05) is 38.2 Å². The van der Waals surface area contributed by atoms with Gasteiger partial charge in [-0.2, -0.15) is 0 Å². The second-order valence-corrected chi connectivity index (χ2v) is 4.58. The van der Waals surface area contributed by atoms with Crippen molar-refractivity contribution in [2.45, 2.75) is 19.8 Å². The number of benzene rings is 1. The monoisotopic (exact) mass is 248 g/mol. The summed E-state index contributed by atoms with van der Waals surface area (Å²) >= 11 is 5.10. The van der Waals surface area contributed by atoms with Crippen molar-refractivity contribution in [1.29, 1.82) is 0 Å².